The molecule has 0 fully saturated rings. The van der Waals surface area contributed by atoms with Crippen molar-refractivity contribution in [3.05, 3.63) is 51.0 Å². The highest BCUT2D eigenvalue weighted by Gasteiger charge is 2.23. The molecular weight excluding hydrogens is 371 g/mol. The molecule has 0 aliphatic carbocycles. The van der Waals surface area contributed by atoms with E-state index in [2.05, 4.69) is 10.3 Å². The van der Waals surface area contributed by atoms with E-state index in [0.29, 0.717) is 32.0 Å². The van der Waals surface area contributed by atoms with Crippen LogP contribution in [0.25, 0.3) is 17.4 Å². The molecule has 1 aliphatic heterocycles. The standard InChI is InChI=1S/C16H10Cl2N2O3S/c1-8(21)19-16-20-15(22)14(24-16)7-10-3-5-13(23-10)11-6-9(17)2-4-12(11)18/h2-7H,1H3,(H,19,20,21,22)/b14-7-. The third-order valence-corrected chi connectivity index (χ3v) is 4.46. The van der Waals surface area contributed by atoms with Gasteiger partial charge >= 0.3 is 0 Å². The molecule has 0 saturated heterocycles. The summed E-state index contributed by atoms with van der Waals surface area (Å²) in [6.07, 6.45) is 1.56. The summed E-state index contributed by atoms with van der Waals surface area (Å²) in [5, 5.41) is 3.79. The van der Waals surface area contributed by atoms with Crippen LogP contribution in [0.3, 0.4) is 0 Å². The summed E-state index contributed by atoms with van der Waals surface area (Å²) in [7, 11) is 0. The van der Waals surface area contributed by atoms with E-state index in [4.69, 9.17) is 27.6 Å². The van der Waals surface area contributed by atoms with Gasteiger partial charge in [-0.1, -0.05) is 23.2 Å². The summed E-state index contributed by atoms with van der Waals surface area (Å²) in [6, 6.07) is 8.53. The maximum atomic E-state index is 11.8. The van der Waals surface area contributed by atoms with Gasteiger partial charge in [0.25, 0.3) is 5.91 Å². The summed E-state index contributed by atoms with van der Waals surface area (Å²) >= 11 is 13.2. The van der Waals surface area contributed by atoms with E-state index >= 15 is 0 Å². The number of amides is 2. The van der Waals surface area contributed by atoms with Crippen molar-refractivity contribution in [3.63, 3.8) is 0 Å². The number of nitrogens with zero attached hydrogens (tertiary/aromatic N) is 1. The van der Waals surface area contributed by atoms with Gasteiger partial charge in [-0.2, -0.15) is 4.99 Å². The molecule has 0 bridgehead atoms. The first-order chi connectivity index (χ1) is 11.4. The summed E-state index contributed by atoms with van der Waals surface area (Å²) < 4.78 is 5.71. The number of amidine groups is 1. The summed E-state index contributed by atoms with van der Waals surface area (Å²) in [6.45, 7) is 1.35. The number of benzene rings is 1. The molecule has 0 radical (unpaired) electrons. The third kappa shape index (κ3) is 3.72. The molecule has 5 nitrogen and oxygen atoms in total. The van der Waals surface area contributed by atoms with Gasteiger partial charge in [-0.15, -0.1) is 0 Å². The Morgan fingerprint density at radius 2 is 2.08 bits per heavy atom. The zero-order valence-electron chi connectivity index (χ0n) is 12.3. The van der Waals surface area contributed by atoms with Crippen molar-refractivity contribution >= 4 is 58.0 Å². The number of hydrogen-bond acceptors (Lipinski definition) is 4. The quantitative estimate of drug-likeness (QED) is 0.785. The van der Waals surface area contributed by atoms with Gasteiger partial charge in [0.05, 0.1) is 9.93 Å². The van der Waals surface area contributed by atoms with E-state index in [-0.39, 0.29) is 11.1 Å². The van der Waals surface area contributed by atoms with Crippen LogP contribution in [0.15, 0.2) is 44.6 Å². The lowest BCUT2D eigenvalue weighted by Gasteiger charge is -2.01. The van der Waals surface area contributed by atoms with Gasteiger partial charge in [-0.25, -0.2) is 0 Å². The first-order valence-corrected chi connectivity index (χ1v) is 8.35. The Labute approximate surface area is 151 Å². The topological polar surface area (TPSA) is 71.7 Å². The summed E-state index contributed by atoms with van der Waals surface area (Å²) in [5.41, 5.74) is 0.661. The van der Waals surface area contributed by atoms with Gasteiger partial charge in [0, 0.05) is 23.6 Å². The minimum absolute atomic E-state index is 0.253. The predicted molar refractivity (Wildman–Crippen MR) is 96.0 cm³/mol. The largest absolute Gasteiger partial charge is 0.457 e. The predicted octanol–water partition coefficient (Wildman–Crippen LogP) is 4.36. The van der Waals surface area contributed by atoms with E-state index in [0.717, 1.165) is 11.8 Å². The lowest BCUT2D eigenvalue weighted by atomic mass is 10.2. The number of hydrogen-bond donors (Lipinski definition) is 1. The molecule has 24 heavy (non-hydrogen) atoms. The maximum absolute atomic E-state index is 11.8. The van der Waals surface area contributed by atoms with Gasteiger partial charge in [0.2, 0.25) is 5.91 Å². The van der Waals surface area contributed by atoms with Gasteiger partial charge < -0.3 is 9.73 Å². The average molecular weight is 381 g/mol. The van der Waals surface area contributed by atoms with Crippen molar-refractivity contribution in [2.45, 2.75) is 6.92 Å². The van der Waals surface area contributed by atoms with E-state index in [9.17, 15) is 9.59 Å². The molecule has 1 aromatic heterocycles. The Hall–Kier alpha value is -2.02. The van der Waals surface area contributed by atoms with Crippen LogP contribution in [-0.2, 0) is 9.59 Å². The zero-order valence-corrected chi connectivity index (χ0v) is 14.6. The van der Waals surface area contributed by atoms with Crippen LogP contribution in [0.1, 0.15) is 12.7 Å². The van der Waals surface area contributed by atoms with Crippen LogP contribution in [0.5, 0.6) is 0 Å². The maximum Gasteiger partial charge on any atom is 0.286 e. The highest BCUT2D eigenvalue weighted by molar-refractivity contribution is 8.18. The smallest absolute Gasteiger partial charge is 0.286 e. The van der Waals surface area contributed by atoms with Gasteiger partial charge in [0.1, 0.15) is 11.5 Å². The fourth-order valence-corrected chi connectivity index (χ4v) is 3.23. The summed E-state index contributed by atoms with van der Waals surface area (Å²) in [5.74, 6) is 0.289. The Morgan fingerprint density at radius 3 is 2.83 bits per heavy atom. The lowest BCUT2D eigenvalue weighted by Crippen LogP contribution is -2.23. The van der Waals surface area contributed by atoms with Crippen LogP contribution in [-0.4, -0.2) is 17.0 Å². The van der Waals surface area contributed by atoms with Crippen LogP contribution in [0.2, 0.25) is 10.0 Å². The number of nitrogens with one attached hydrogen (secondary N) is 1. The third-order valence-electron chi connectivity index (χ3n) is 3.00. The molecule has 1 N–H and O–H groups in total. The van der Waals surface area contributed by atoms with Gasteiger partial charge in [0.15, 0.2) is 5.17 Å². The Morgan fingerprint density at radius 1 is 1.29 bits per heavy atom. The van der Waals surface area contributed by atoms with Crippen LogP contribution < -0.4 is 5.32 Å². The number of rotatable bonds is 2. The molecule has 2 amide bonds. The molecule has 0 unspecified atom stereocenters. The molecule has 3 rings (SSSR count). The number of carbonyl (C=O) groups is 2. The van der Waals surface area contributed by atoms with Gasteiger partial charge in [-0.3, -0.25) is 9.59 Å². The molecule has 0 atom stereocenters. The number of thioether (sulfide) groups is 1. The van der Waals surface area contributed by atoms with Crippen molar-refractivity contribution < 1.29 is 14.0 Å². The molecule has 0 saturated carbocycles. The average Bonchev–Trinajstić information content (AvgIpc) is 3.09. The molecule has 1 aromatic carbocycles. The highest BCUT2D eigenvalue weighted by Crippen LogP contribution is 2.33. The van der Waals surface area contributed by atoms with Crippen LogP contribution in [0, 0.1) is 0 Å². The first-order valence-electron chi connectivity index (χ1n) is 6.78. The molecule has 1 aliphatic rings. The van der Waals surface area contributed by atoms with Crippen LogP contribution >= 0.6 is 35.0 Å². The van der Waals surface area contributed by atoms with E-state index < -0.39 is 5.91 Å². The Balaban J connectivity index is 1.83. The highest BCUT2D eigenvalue weighted by atomic mass is 35.5. The second-order valence-corrected chi connectivity index (χ2v) is 6.71. The minimum Gasteiger partial charge on any atom is -0.457 e. The normalized spacial score (nSPS) is 15.7. The van der Waals surface area contributed by atoms with Gasteiger partial charge in [-0.05, 0) is 42.1 Å². The van der Waals surface area contributed by atoms with E-state index in [1.807, 2.05) is 0 Å². The second-order valence-electron chi connectivity index (χ2n) is 4.84. The number of carbonyl (C=O) groups excluding carboxylic acids is 2. The Kier molecular flexibility index (Phi) is 4.80. The van der Waals surface area contributed by atoms with Crippen molar-refractivity contribution in [2.24, 2.45) is 4.99 Å². The minimum atomic E-state index is -0.428. The van der Waals surface area contributed by atoms with E-state index in [1.54, 1.807) is 36.4 Å². The number of halogens is 2. The molecule has 2 heterocycles. The number of aliphatic imine (C=N–C) groups is 1. The SMILES string of the molecule is CC(=O)NC1=NC(=O)/C(=C/c2ccc(-c3cc(Cl)ccc3Cl)o2)S1. The molecule has 8 heteroatoms. The fraction of sp³-hybridized carbons (Fsp3) is 0.0625. The van der Waals surface area contributed by atoms with E-state index in [1.165, 1.54) is 6.92 Å². The summed E-state index contributed by atoms with van der Waals surface area (Å²) in [4.78, 5) is 27.0. The Bertz CT molecular complexity index is 902. The monoisotopic (exact) mass is 380 g/mol. The van der Waals surface area contributed by atoms with Crippen molar-refractivity contribution in [3.8, 4) is 11.3 Å². The zero-order chi connectivity index (χ0) is 17.3. The first kappa shape index (κ1) is 16.8. The second kappa shape index (κ2) is 6.84. The fourth-order valence-electron chi connectivity index (χ4n) is 2.00. The lowest BCUT2D eigenvalue weighted by molar-refractivity contribution is -0.117. The van der Waals surface area contributed by atoms with Crippen LogP contribution in [0.4, 0.5) is 0 Å². The van der Waals surface area contributed by atoms with Crippen molar-refractivity contribution in [1.29, 1.82) is 0 Å². The van der Waals surface area contributed by atoms with Crippen molar-refractivity contribution in [2.75, 3.05) is 0 Å². The van der Waals surface area contributed by atoms with Crippen molar-refractivity contribution in [1.82, 2.24) is 5.32 Å². The molecule has 2 aromatic rings. The number of furan rings is 1. The molecular formula is C16H10Cl2N2O3S. The molecule has 0 spiro atoms. The molecule has 122 valence electrons.